The molecule has 4 N–H and O–H groups in total. The van der Waals surface area contributed by atoms with Gasteiger partial charge >= 0.3 is 0 Å². The summed E-state index contributed by atoms with van der Waals surface area (Å²) in [6, 6.07) is 9.20. The normalized spacial score (nSPS) is 12.9. The molecule has 0 aliphatic carbocycles. The number of hydrogen-bond donors (Lipinski definition) is 3. The number of nitrogens with two attached hydrogens (primary N) is 1. The third-order valence-electron chi connectivity index (χ3n) is 3.12. The molecule has 2 aromatic rings. The van der Waals surface area contributed by atoms with Crippen LogP contribution in [-0.4, -0.2) is 21.8 Å². The Balaban J connectivity index is 2.29. The first kappa shape index (κ1) is 12.6. The molecule has 18 heavy (non-hydrogen) atoms. The molecule has 0 saturated carbocycles. The number of phenolic OH excluding ortho intramolecular Hbond substituents is 1. The fourth-order valence-electron chi connectivity index (χ4n) is 1.98. The van der Waals surface area contributed by atoms with Crippen molar-refractivity contribution in [3.8, 4) is 5.75 Å². The zero-order valence-corrected chi connectivity index (χ0v) is 10.7. The Hall–Kier alpha value is -1.81. The van der Waals surface area contributed by atoms with Gasteiger partial charge in [0.25, 0.3) is 0 Å². The standard InChI is InChI=1S/C14H19N3O/c1-9(2)13-7-14(17-16-13)12(8-15)10-3-5-11(18)6-4-10/h3-7,9,12,18H,8,15H2,1-2H3,(H,16,17). The lowest BCUT2D eigenvalue weighted by Crippen LogP contribution is -2.14. The molecule has 0 aliphatic heterocycles. The predicted molar refractivity (Wildman–Crippen MR) is 71.7 cm³/mol. The van der Waals surface area contributed by atoms with E-state index in [1.165, 1.54) is 0 Å². The van der Waals surface area contributed by atoms with E-state index in [4.69, 9.17) is 5.73 Å². The first-order valence-corrected chi connectivity index (χ1v) is 6.16. The molecule has 1 heterocycles. The van der Waals surface area contributed by atoms with E-state index in [0.717, 1.165) is 17.0 Å². The molecule has 96 valence electrons. The first-order chi connectivity index (χ1) is 8.61. The van der Waals surface area contributed by atoms with Gasteiger partial charge in [-0.1, -0.05) is 26.0 Å². The Morgan fingerprint density at radius 1 is 1.28 bits per heavy atom. The van der Waals surface area contributed by atoms with Gasteiger partial charge in [-0.25, -0.2) is 0 Å². The lowest BCUT2D eigenvalue weighted by molar-refractivity contribution is 0.475. The summed E-state index contributed by atoms with van der Waals surface area (Å²) in [5.74, 6) is 0.751. The van der Waals surface area contributed by atoms with Crippen molar-refractivity contribution in [3.05, 3.63) is 47.3 Å². The molecule has 0 aliphatic rings. The number of aromatic amines is 1. The number of nitrogens with one attached hydrogen (secondary N) is 1. The summed E-state index contributed by atoms with van der Waals surface area (Å²) < 4.78 is 0. The average molecular weight is 245 g/mol. The van der Waals surface area contributed by atoms with Crippen LogP contribution in [0.25, 0.3) is 0 Å². The maximum atomic E-state index is 9.31. The number of H-pyrrole nitrogens is 1. The van der Waals surface area contributed by atoms with Gasteiger partial charge in [0.05, 0.1) is 5.69 Å². The zero-order chi connectivity index (χ0) is 13.1. The van der Waals surface area contributed by atoms with E-state index in [1.807, 2.05) is 12.1 Å². The predicted octanol–water partition coefficient (Wildman–Crippen LogP) is 2.33. The van der Waals surface area contributed by atoms with E-state index in [-0.39, 0.29) is 11.7 Å². The molecule has 0 saturated heterocycles. The molecule has 4 heteroatoms. The average Bonchev–Trinajstić information content (AvgIpc) is 2.82. The minimum absolute atomic E-state index is 0.0885. The van der Waals surface area contributed by atoms with Crippen LogP contribution in [0.15, 0.2) is 30.3 Å². The van der Waals surface area contributed by atoms with Crippen molar-refractivity contribution < 1.29 is 5.11 Å². The van der Waals surface area contributed by atoms with Crippen LogP contribution < -0.4 is 5.73 Å². The van der Waals surface area contributed by atoms with Gasteiger partial charge in [-0.05, 0) is 29.7 Å². The first-order valence-electron chi connectivity index (χ1n) is 6.16. The molecule has 0 fully saturated rings. The second kappa shape index (κ2) is 5.23. The lowest BCUT2D eigenvalue weighted by atomic mass is 9.95. The van der Waals surface area contributed by atoms with Gasteiger partial charge in [0.1, 0.15) is 5.75 Å². The summed E-state index contributed by atoms with van der Waals surface area (Å²) >= 11 is 0. The number of aromatic nitrogens is 2. The van der Waals surface area contributed by atoms with E-state index in [1.54, 1.807) is 12.1 Å². The highest BCUT2D eigenvalue weighted by molar-refractivity contribution is 5.34. The molecule has 0 bridgehead atoms. The van der Waals surface area contributed by atoms with Crippen LogP contribution in [0.5, 0.6) is 5.75 Å². The Bertz CT molecular complexity index is 502. The zero-order valence-electron chi connectivity index (χ0n) is 10.7. The van der Waals surface area contributed by atoms with Crippen molar-refractivity contribution in [3.63, 3.8) is 0 Å². The van der Waals surface area contributed by atoms with Crippen molar-refractivity contribution in [1.29, 1.82) is 0 Å². The second-order valence-corrected chi connectivity index (χ2v) is 4.78. The minimum Gasteiger partial charge on any atom is -0.508 e. The fraction of sp³-hybridized carbons (Fsp3) is 0.357. The Morgan fingerprint density at radius 3 is 2.44 bits per heavy atom. The second-order valence-electron chi connectivity index (χ2n) is 4.78. The summed E-state index contributed by atoms with van der Waals surface area (Å²) in [6.07, 6.45) is 0. The van der Waals surface area contributed by atoms with Crippen molar-refractivity contribution in [2.45, 2.75) is 25.7 Å². The van der Waals surface area contributed by atoms with Crippen molar-refractivity contribution in [1.82, 2.24) is 10.2 Å². The summed E-state index contributed by atoms with van der Waals surface area (Å²) in [5, 5.41) is 16.7. The van der Waals surface area contributed by atoms with Crippen molar-refractivity contribution >= 4 is 0 Å². The van der Waals surface area contributed by atoms with Crippen LogP contribution in [0.1, 0.15) is 42.6 Å². The van der Waals surface area contributed by atoms with Gasteiger partial charge < -0.3 is 10.8 Å². The number of benzene rings is 1. The number of nitrogens with zero attached hydrogens (tertiary/aromatic N) is 1. The molecule has 0 spiro atoms. The summed E-state index contributed by atoms with van der Waals surface area (Å²) in [4.78, 5) is 0. The number of phenols is 1. The number of hydrogen-bond acceptors (Lipinski definition) is 3. The smallest absolute Gasteiger partial charge is 0.115 e. The molecule has 1 aromatic heterocycles. The molecule has 1 unspecified atom stereocenters. The van der Waals surface area contributed by atoms with Gasteiger partial charge in [-0.15, -0.1) is 0 Å². The van der Waals surface area contributed by atoms with E-state index in [2.05, 4.69) is 30.1 Å². The van der Waals surface area contributed by atoms with E-state index < -0.39 is 0 Å². The molecular formula is C14H19N3O. The summed E-state index contributed by atoms with van der Waals surface area (Å²) in [5.41, 5.74) is 8.99. The van der Waals surface area contributed by atoms with Gasteiger partial charge in [-0.2, -0.15) is 5.10 Å². The summed E-state index contributed by atoms with van der Waals surface area (Å²) in [6.45, 7) is 4.72. The van der Waals surface area contributed by atoms with Gasteiger partial charge in [-0.3, -0.25) is 5.10 Å². The van der Waals surface area contributed by atoms with Crippen LogP contribution in [-0.2, 0) is 0 Å². The maximum absolute atomic E-state index is 9.31. The van der Waals surface area contributed by atoms with E-state index >= 15 is 0 Å². The third kappa shape index (κ3) is 2.54. The van der Waals surface area contributed by atoms with Gasteiger partial charge in [0.15, 0.2) is 0 Å². The Kier molecular flexibility index (Phi) is 3.67. The highest BCUT2D eigenvalue weighted by atomic mass is 16.3. The molecule has 2 rings (SSSR count). The van der Waals surface area contributed by atoms with Gasteiger partial charge in [0, 0.05) is 18.2 Å². The summed E-state index contributed by atoms with van der Waals surface area (Å²) in [7, 11) is 0. The highest BCUT2D eigenvalue weighted by Gasteiger charge is 2.16. The Morgan fingerprint density at radius 2 is 1.94 bits per heavy atom. The molecule has 4 nitrogen and oxygen atoms in total. The molecule has 1 aromatic carbocycles. The SMILES string of the molecule is CC(C)c1cc(C(CN)c2ccc(O)cc2)[nH]n1. The van der Waals surface area contributed by atoms with Crippen LogP contribution >= 0.6 is 0 Å². The quantitative estimate of drug-likeness (QED) is 0.774. The molecule has 0 amide bonds. The van der Waals surface area contributed by atoms with Crippen LogP contribution in [0.3, 0.4) is 0 Å². The lowest BCUT2D eigenvalue weighted by Gasteiger charge is -2.13. The number of rotatable bonds is 4. The highest BCUT2D eigenvalue weighted by Crippen LogP contribution is 2.25. The molecular weight excluding hydrogens is 226 g/mol. The van der Waals surface area contributed by atoms with Gasteiger partial charge in [0.2, 0.25) is 0 Å². The van der Waals surface area contributed by atoms with Crippen molar-refractivity contribution in [2.24, 2.45) is 5.73 Å². The topological polar surface area (TPSA) is 74.9 Å². The van der Waals surface area contributed by atoms with Crippen LogP contribution in [0.2, 0.25) is 0 Å². The minimum atomic E-state index is 0.0885. The van der Waals surface area contributed by atoms with Crippen LogP contribution in [0.4, 0.5) is 0 Å². The van der Waals surface area contributed by atoms with E-state index in [9.17, 15) is 5.11 Å². The maximum Gasteiger partial charge on any atom is 0.115 e. The fourth-order valence-corrected chi connectivity index (χ4v) is 1.98. The van der Waals surface area contributed by atoms with E-state index in [0.29, 0.717) is 12.5 Å². The molecule has 0 radical (unpaired) electrons. The van der Waals surface area contributed by atoms with Crippen LogP contribution in [0, 0.1) is 0 Å². The number of aromatic hydroxyl groups is 1. The molecule has 1 atom stereocenters. The van der Waals surface area contributed by atoms with Crippen molar-refractivity contribution in [2.75, 3.05) is 6.54 Å². The monoisotopic (exact) mass is 245 g/mol. The Labute approximate surface area is 107 Å². The third-order valence-corrected chi connectivity index (χ3v) is 3.12. The largest absolute Gasteiger partial charge is 0.508 e.